The molecular formula is C22H32N4O4. The molecule has 0 aromatic rings. The van der Waals surface area contributed by atoms with Gasteiger partial charge in [0.05, 0.1) is 0 Å². The van der Waals surface area contributed by atoms with Gasteiger partial charge in [0.25, 0.3) is 5.91 Å². The molecule has 6 amide bonds. The lowest BCUT2D eigenvalue weighted by atomic mass is 9.53. The van der Waals surface area contributed by atoms with Gasteiger partial charge in [-0.25, -0.2) is 9.59 Å². The molecule has 4 bridgehead atoms. The Bertz CT molecular complexity index is 736. The average molecular weight is 417 g/mol. The van der Waals surface area contributed by atoms with E-state index in [1.807, 2.05) is 0 Å². The van der Waals surface area contributed by atoms with Gasteiger partial charge in [-0.3, -0.25) is 19.8 Å². The van der Waals surface area contributed by atoms with E-state index in [-0.39, 0.29) is 11.4 Å². The maximum absolute atomic E-state index is 12.9. The Hall–Kier alpha value is -2.12. The van der Waals surface area contributed by atoms with Crippen LogP contribution < -0.4 is 16.0 Å². The summed E-state index contributed by atoms with van der Waals surface area (Å²) < 4.78 is 0. The molecular weight excluding hydrogens is 384 g/mol. The summed E-state index contributed by atoms with van der Waals surface area (Å²) in [5, 5.41) is 8.28. The summed E-state index contributed by atoms with van der Waals surface area (Å²) in [6.07, 6.45) is 11.9. The molecule has 6 fully saturated rings. The fraction of sp³-hybridized carbons (Fsp3) is 0.818. The number of imide groups is 2. The van der Waals surface area contributed by atoms with Gasteiger partial charge in [0.2, 0.25) is 5.91 Å². The Morgan fingerprint density at radius 1 is 0.933 bits per heavy atom. The van der Waals surface area contributed by atoms with Gasteiger partial charge in [0.1, 0.15) is 12.1 Å². The lowest BCUT2D eigenvalue weighted by molar-refractivity contribution is -0.135. The molecule has 0 atom stereocenters. The first kappa shape index (κ1) is 19.8. The first-order chi connectivity index (χ1) is 14.4. The van der Waals surface area contributed by atoms with Gasteiger partial charge in [-0.1, -0.05) is 25.7 Å². The van der Waals surface area contributed by atoms with Gasteiger partial charge < -0.3 is 10.6 Å². The van der Waals surface area contributed by atoms with Crippen LogP contribution in [0, 0.1) is 17.8 Å². The van der Waals surface area contributed by atoms with Crippen LogP contribution in [0.4, 0.5) is 9.59 Å². The van der Waals surface area contributed by atoms with Crippen molar-refractivity contribution >= 4 is 23.9 Å². The lowest BCUT2D eigenvalue weighted by Crippen LogP contribution is -2.62. The summed E-state index contributed by atoms with van der Waals surface area (Å²) in [4.78, 5) is 51.4. The monoisotopic (exact) mass is 416 g/mol. The van der Waals surface area contributed by atoms with Gasteiger partial charge in [-0.15, -0.1) is 0 Å². The van der Waals surface area contributed by atoms with E-state index in [0.29, 0.717) is 30.6 Å². The molecule has 0 radical (unpaired) electrons. The minimum atomic E-state index is -0.866. The van der Waals surface area contributed by atoms with E-state index in [2.05, 4.69) is 16.0 Å². The molecule has 1 heterocycles. The van der Waals surface area contributed by atoms with Crippen molar-refractivity contribution in [3.8, 4) is 0 Å². The molecule has 1 saturated heterocycles. The molecule has 0 unspecified atom stereocenters. The number of nitrogens with one attached hydrogen (secondary N) is 3. The summed E-state index contributed by atoms with van der Waals surface area (Å²) >= 11 is 0. The van der Waals surface area contributed by atoms with Crippen LogP contribution in [-0.4, -0.2) is 46.4 Å². The highest BCUT2D eigenvalue weighted by molar-refractivity contribution is 6.10. The topological polar surface area (TPSA) is 108 Å². The molecule has 3 N–H and O–H groups in total. The van der Waals surface area contributed by atoms with E-state index in [4.69, 9.17) is 0 Å². The van der Waals surface area contributed by atoms with E-state index in [1.54, 1.807) is 0 Å². The fourth-order valence-electron chi connectivity index (χ4n) is 7.34. The number of hydrogen-bond acceptors (Lipinski definition) is 4. The van der Waals surface area contributed by atoms with Crippen LogP contribution in [0.3, 0.4) is 0 Å². The second kappa shape index (κ2) is 7.24. The van der Waals surface area contributed by atoms with Crippen molar-refractivity contribution in [1.82, 2.24) is 20.9 Å². The third kappa shape index (κ3) is 3.48. The third-order valence-corrected chi connectivity index (χ3v) is 8.17. The molecule has 6 rings (SSSR count). The second-order valence-electron chi connectivity index (χ2n) is 10.5. The molecule has 30 heavy (non-hydrogen) atoms. The Morgan fingerprint density at radius 2 is 1.50 bits per heavy atom. The molecule has 1 spiro atoms. The van der Waals surface area contributed by atoms with Crippen LogP contribution >= 0.6 is 0 Å². The highest BCUT2D eigenvalue weighted by Gasteiger charge is 2.53. The number of rotatable bonds is 3. The van der Waals surface area contributed by atoms with Crippen molar-refractivity contribution in [3.05, 3.63) is 0 Å². The van der Waals surface area contributed by atoms with Crippen LogP contribution in [0.1, 0.15) is 77.0 Å². The number of hydrogen-bond donors (Lipinski definition) is 3. The zero-order valence-electron chi connectivity index (χ0n) is 17.5. The summed E-state index contributed by atoms with van der Waals surface area (Å²) in [7, 11) is 0. The summed E-state index contributed by atoms with van der Waals surface area (Å²) in [5.41, 5.74) is -1.06. The Balaban J connectivity index is 1.18. The minimum absolute atomic E-state index is 0.190. The number of urea groups is 2. The summed E-state index contributed by atoms with van der Waals surface area (Å²) in [5.74, 6) is 1.12. The highest BCUT2D eigenvalue weighted by Crippen LogP contribution is 2.55. The second-order valence-corrected chi connectivity index (χ2v) is 10.5. The van der Waals surface area contributed by atoms with Crippen LogP contribution in [0.2, 0.25) is 0 Å². The first-order valence-corrected chi connectivity index (χ1v) is 11.6. The minimum Gasteiger partial charge on any atom is -0.332 e. The molecule has 0 aromatic heterocycles. The Kier molecular flexibility index (Phi) is 4.78. The van der Waals surface area contributed by atoms with Crippen LogP contribution in [0.25, 0.3) is 0 Å². The maximum Gasteiger partial charge on any atom is 0.325 e. The Morgan fingerprint density at radius 3 is 2.07 bits per heavy atom. The standard InChI is InChI=1S/C22H32N4O4/c27-17(13-26-18(28)22(25-20(26)30)5-3-1-2-4-6-22)23-19(29)24-21-10-14-7-15(11-21)9-16(8-14)12-21/h14-16H,1-13H2,(H,25,30)(H2,23,24,27,29). The van der Waals surface area contributed by atoms with Crippen molar-refractivity contribution in [2.45, 2.75) is 88.1 Å². The van der Waals surface area contributed by atoms with Gasteiger partial charge in [-0.2, -0.15) is 0 Å². The largest absolute Gasteiger partial charge is 0.332 e. The number of nitrogens with zero attached hydrogens (tertiary/aromatic N) is 1. The number of amides is 6. The molecule has 6 aliphatic rings. The van der Waals surface area contributed by atoms with Crippen molar-refractivity contribution in [2.24, 2.45) is 17.8 Å². The van der Waals surface area contributed by atoms with Gasteiger partial charge >= 0.3 is 12.1 Å². The molecule has 1 aliphatic heterocycles. The SMILES string of the molecule is O=C(CN1C(=O)NC2(CCCCCC2)C1=O)NC(=O)NC12CC3CC(CC(C3)C1)C2. The molecule has 164 valence electrons. The van der Waals surface area contributed by atoms with E-state index in [9.17, 15) is 19.2 Å². The molecule has 0 aromatic carbocycles. The van der Waals surface area contributed by atoms with Crippen LogP contribution in [0.15, 0.2) is 0 Å². The predicted molar refractivity (Wildman–Crippen MR) is 108 cm³/mol. The fourth-order valence-corrected chi connectivity index (χ4v) is 7.34. The summed E-state index contributed by atoms with van der Waals surface area (Å²) in [6.45, 7) is -0.416. The van der Waals surface area contributed by atoms with Gasteiger partial charge in [-0.05, 0) is 69.1 Å². The zero-order chi connectivity index (χ0) is 20.9. The smallest absolute Gasteiger partial charge is 0.325 e. The van der Waals surface area contributed by atoms with Crippen molar-refractivity contribution in [2.75, 3.05) is 6.54 Å². The van der Waals surface area contributed by atoms with Crippen molar-refractivity contribution < 1.29 is 19.2 Å². The lowest BCUT2D eigenvalue weighted by Gasteiger charge is -2.56. The average Bonchev–Trinajstić information content (AvgIpc) is 2.81. The summed E-state index contributed by atoms with van der Waals surface area (Å²) in [6, 6.07) is -1.03. The highest BCUT2D eigenvalue weighted by atomic mass is 16.2. The number of carbonyl (C=O) groups is 4. The van der Waals surface area contributed by atoms with Crippen molar-refractivity contribution in [3.63, 3.8) is 0 Å². The van der Waals surface area contributed by atoms with Gasteiger partial charge in [0.15, 0.2) is 0 Å². The van der Waals surface area contributed by atoms with E-state index < -0.39 is 30.1 Å². The van der Waals surface area contributed by atoms with Crippen LogP contribution in [0.5, 0.6) is 0 Å². The van der Waals surface area contributed by atoms with Crippen LogP contribution in [-0.2, 0) is 9.59 Å². The third-order valence-electron chi connectivity index (χ3n) is 8.17. The predicted octanol–water partition coefficient (Wildman–Crippen LogP) is 2.43. The van der Waals surface area contributed by atoms with E-state index in [0.717, 1.165) is 49.8 Å². The van der Waals surface area contributed by atoms with Crippen molar-refractivity contribution in [1.29, 1.82) is 0 Å². The van der Waals surface area contributed by atoms with E-state index >= 15 is 0 Å². The van der Waals surface area contributed by atoms with Gasteiger partial charge in [0, 0.05) is 5.54 Å². The molecule has 5 saturated carbocycles. The Labute approximate surface area is 176 Å². The maximum atomic E-state index is 12.9. The molecule has 5 aliphatic carbocycles. The molecule has 8 nitrogen and oxygen atoms in total. The zero-order valence-corrected chi connectivity index (χ0v) is 17.5. The normalized spacial score (nSPS) is 36.5. The van der Waals surface area contributed by atoms with E-state index in [1.165, 1.54) is 19.3 Å². The molecule has 8 heteroatoms. The first-order valence-electron chi connectivity index (χ1n) is 11.6. The quantitative estimate of drug-likeness (QED) is 0.614. The number of carbonyl (C=O) groups excluding carboxylic acids is 4.